The third kappa shape index (κ3) is 5.18. The first kappa shape index (κ1) is 16.5. The van der Waals surface area contributed by atoms with E-state index < -0.39 is 21.8 Å². The summed E-state index contributed by atoms with van der Waals surface area (Å²) in [5.41, 5.74) is 1.35. The molecule has 0 unspecified atom stereocenters. The topological polar surface area (TPSA) is 83.9 Å². The Morgan fingerprint density at radius 1 is 1.20 bits per heavy atom. The van der Waals surface area contributed by atoms with Crippen LogP contribution in [0.5, 0.6) is 0 Å². The van der Waals surface area contributed by atoms with Gasteiger partial charge in [-0.25, -0.2) is 4.79 Å². The van der Waals surface area contributed by atoms with Gasteiger partial charge >= 0.3 is 5.97 Å². The molecule has 1 aromatic carbocycles. The second-order valence-corrected chi connectivity index (χ2v) is 5.71. The lowest BCUT2D eigenvalue weighted by atomic mass is 10.2. The highest BCUT2D eigenvalue weighted by Gasteiger charge is 2.11. The molecule has 1 rings (SSSR count). The molecule has 0 bridgehead atoms. The van der Waals surface area contributed by atoms with E-state index in [1.54, 1.807) is 12.1 Å². The number of ether oxygens (including phenoxy) is 1. The molecule has 0 aromatic heterocycles. The van der Waals surface area contributed by atoms with E-state index in [0.29, 0.717) is 5.56 Å². The minimum absolute atomic E-state index is 0.344. The Labute approximate surface area is 119 Å². The quantitative estimate of drug-likeness (QED) is 0.608. The van der Waals surface area contributed by atoms with Gasteiger partial charge in [0.05, 0.1) is 5.56 Å². The van der Waals surface area contributed by atoms with E-state index in [1.807, 2.05) is 26.0 Å². The summed E-state index contributed by atoms with van der Waals surface area (Å²) in [6.07, 6.45) is 0. The normalized spacial score (nSPS) is 11.2. The summed E-state index contributed by atoms with van der Waals surface area (Å²) in [5, 5.41) is 0. The van der Waals surface area contributed by atoms with Crippen molar-refractivity contribution in [1.29, 1.82) is 0 Å². The van der Waals surface area contributed by atoms with Crippen LogP contribution < -0.4 is 4.90 Å². The number of hydrogen-bond acceptors (Lipinski definition) is 5. The second kappa shape index (κ2) is 7.25. The number of esters is 1. The Bertz CT molecular complexity index is 534. The molecule has 0 saturated heterocycles. The number of carbonyl (C=O) groups is 1. The van der Waals surface area contributed by atoms with Gasteiger partial charge in [0.25, 0.3) is 10.1 Å². The zero-order valence-corrected chi connectivity index (χ0v) is 12.4. The molecule has 6 nitrogen and oxygen atoms in total. The second-order valence-electron chi connectivity index (χ2n) is 4.14. The fraction of sp³-hybridized carbons (Fsp3) is 0.462. The Balaban J connectivity index is 2.62. The minimum Gasteiger partial charge on any atom is -0.461 e. The number of hydrogen-bond donors (Lipinski definition) is 1. The van der Waals surface area contributed by atoms with E-state index >= 15 is 0 Å². The summed E-state index contributed by atoms with van der Waals surface area (Å²) in [5.74, 6) is -1.21. The monoisotopic (exact) mass is 301 g/mol. The third-order valence-electron chi connectivity index (χ3n) is 2.81. The lowest BCUT2D eigenvalue weighted by molar-refractivity contribution is 0.0528. The van der Waals surface area contributed by atoms with Crippen molar-refractivity contribution < 1.29 is 22.5 Å². The van der Waals surface area contributed by atoms with Gasteiger partial charge < -0.3 is 9.64 Å². The van der Waals surface area contributed by atoms with Gasteiger partial charge in [0.1, 0.15) is 12.4 Å². The summed E-state index contributed by atoms with van der Waals surface area (Å²) < 4.78 is 34.3. The van der Waals surface area contributed by atoms with E-state index in [-0.39, 0.29) is 6.61 Å². The van der Waals surface area contributed by atoms with E-state index in [4.69, 9.17) is 9.29 Å². The molecule has 0 aliphatic rings. The number of anilines is 1. The zero-order chi connectivity index (χ0) is 15.2. The predicted molar refractivity (Wildman–Crippen MR) is 76.7 cm³/mol. The summed E-state index contributed by atoms with van der Waals surface area (Å²) in [4.78, 5) is 13.8. The number of nitrogens with zero attached hydrogens (tertiary/aromatic N) is 1. The molecule has 0 amide bonds. The Morgan fingerprint density at radius 2 is 1.75 bits per heavy atom. The SMILES string of the molecule is CCN(CC)c1ccc(C(=O)OCCS(=O)(=O)O)cc1. The molecule has 112 valence electrons. The minimum atomic E-state index is -4.11. The van der Waals surface area contributed by atoms with Crippen LogP contribution in [0.15, 0.2) is 24.3 Å². The van der Waals surface area contributed by atoms with Crippen molar-refractivity contribution in [2.45, 2.75) is 13.8 Å². The molecule has 7 heteroatoms. The smallest absolute Gasteiger partial charge is 0.338 e. The van der Waals surface area contributed by atoms with Gasteiger partial charge in [-0.3, -0.25) is 4.55 Å². The van der Waals surface area contributed by atoms with Crippen molar-refractivity contribution in [1.82, 2.24) is 0 Å². The van der Waals surface area contributed by atoms with Crippen LogP contribution in [0.25, 0.3) is 0 Å². The van der Waals surface area contributed by atoms with E-state index in [0.717, 1.165) is 18.8 Å². The molecule has 0 heterocycles. The lowest BCUT2D eigenvalue weighted by Crippen LogP contribution is -2.21. The molecular formula is C13H19NO5S. The summed E-state index contributed by atoms with van der Waals surface area (Å²) >= 11 is 0. The molecule has 20 heavy (non-hydrogen) atoms. The molecule has 1 N–H and O–H groups in total. The van der Waals surface area contributed by atoms with Crippen LogP contribution in [0.4, 0.5) is 5.69 Å². The molecule has 0 aliphatic heterocycles. The first-order chi connectivity index (χ1) is 9.37. The van der Waals surface area contributed by atoms with Gasteiger partial charge in [0.2, 0.25) is 0 Å². The van der Waals surface area contributed by atoms with Crippen LogP contribution in [-0.4, -0.2) is 44.4 Å². The largest absolute Gasteiger partial charge is 0.461 e. The van der Waals surface area contributed by atoms with Crippen LogP contribution in [-0.2, 0) is 14.9 Å². The highest BCUT2D eigenvalue weighted by Crippen LogP contribution is 2.15. The van der Waals surface area contributed by atoms with E-state index in [9.17, 15) is 13.2 Å². The molecule has 1 aromatic rings. The van der Waals surface area contributed by atoms with Gasteiger partial charge in [0.15, 0.2) is 0 Å². The number of benzene rings is 1. The maximum atomic E-state index is 11.6. The number of rotatable bonds is 7. The van der Waals surface area contributed by atoms with Crippen molar-refractivity contribution in [3.63, 3.8) is 0 Å². The van der Waals surface area contributed by atoms with Gasteiger partial charge in [-0.05, 0) is 38.1 Å². The van der Waals surface area contributed by atoms with Crippen LogP contribution in [0, 0.1) is 0 Å². The maximum absolute atomic E-state index is 11.6. The van der Waals surface area contributed by atoms with Crippen LogP contribution in [0.3, 0.4) is 0 Å². The van der Waals surface area contributed by atoms with Crippen molar-refractivity contribution in [3.8, 4) is 0 Å². The van der Waals surface area contributed by atoms with Crippen LogP contribution >= 0.6 is 0 Å². The Kier molecular flexibility index (Phi) is 5.97. The molecular weight excluding hydrogens is 282 g/mol. The van der Waals surface area contributed by atoms with Crippen molar-refractivity contribution in [3.05, 3.63) is 29.8 Å². The molecule has 0 atom stereocenters. The first-order valence-corrected chi connectivity index (χ1v) is 7.95. The highest BCUT2D eigenvalue weighted by atomic mass is 32.2. The van der Waals surface area contributed by atoms with Crippen molar-refractivity contribution in [2.75, 3.05) is 30.3 Å². The average molecular weight is 301 g/mol. The van der Waals surface area contributed by atoms with Gasteiger partial charge in [-0.2, -0.15) is 8.42 Å². The van der Waals surface area contributed by atoms with Crippen molar-refractivity contribution >= 4 is 21.8 Å². The van der Waals surface area contributed by atoms with Gasteiger partial charge in [-0.1, -0.05) is 0 Å². The summed E-state index contributed by atoms with van der Waals surface area (Å²) in [7, 11) is -4.11. The molecule has 0 radical (unpaired) electrons. The molecule has 0 fully saturated rings. The van der Waals surface area contributed by atoms with E-state index in [1.165, 1.54) is 0 Å². The average Bonchev–Trinajstić information content (AvgIpc) is 2.39. The summed E-state index contributed by atoms with van der Waals surface area (Å²) in [6.45, 7) is 5.46. The van der Waals surface area contributed by atoms with Crippen molar-refractivity contribution in [2.24, 2.45) is 0 Å². The highest BCUT2D eigenvalue weighted by molar-refractivity contribution is 7.85. The van der Waals surface area contributed by atoms with Crippen LogP contribution in [0.1, 0.15) is 24.2 Å². The maximum Gasteiger partial charge on any atom is 0.338 e. The molecule has 0 saturated carbocycles. The Hall–Kier alpha value is -1.60. The third-order valence-corrected chi connectivity index (χ3v) is 3.49. The lowest BCUT2D eigenvalue weighted by Gasteiger charge is -2.20. The van der Waals surface area contributed by atoms with Gasteiger partial charge in [0, 0.05) is 18.8 Å². The van der Waals surface area contributed by atoms with Crippen LogP contribution in [0.2, 0.25) is 0 Å². The van der Waals surface area contributed by atoms with E-state index in [2.05, 4.69) is 4.90 Å². The fourth-order valence-corrected chi connectivity index (χ4v) is 2.01. The first-order valence-electron chi connectivity index (χ1n) is 6.34. The molecule has 0 spiro atoms. The Morgan fingerprint density at radius 3 is 2.20 bits per heavy atom. The molecule has 0 aliphatic carbocycles. The predicted octanol–water partition coefficient (Wildman–Crippen LogP) is 1.58. The fourth-order valence-electron chi connectivity index (χ4n) is 1.72. The van der Waals surface area contributed by atoms with Gasteiger partial charge in [-0.15, -0.1) is 0 Å². The summed E-state index contributed by atoms with van der Waals surface area (Å²) in [6, 6.07) is 6.88. The number of carbonyl (C=O) groups excluding carboxylic acids is 1. The zero-order valence-electron chi connectivity index (χ0n) is 11.6. The standard InChI is InChI=1S/C13H19NO5S/c1-3-14(4-2)12-7-5-11(6-8-12)13(15)19-9-10-20(16,17)18/h5-8H,3-4,9-10H2,1-2H3,(H,16,17,18).